The molecule has 1 heterocycles. The van der Waals surface area contributed by atoms with Gasteiger partial charge in [0.15, 0.2) is 11.3 Å². The summed E-state index contributed by atoms with van der Waals surface area (Å²) in [6.07, 6.45) is 0.0976. The van der Waals surface area contributed by atoms with Crippen LogP contribution in [0, 0.1) is 0 Å². The van der Waals surface area contributed by atoms with Crippen molar-refractivity contribution in [3.8, 4) is 0 Å². The number of amides is 1. The van der Waals surface area contributed by atoms with Gasteiger partial charge in [-0.1, -0.05) is 30.3 Å². The van der Waals surface area contributed by atoms with E-state index in [0.717, 1.165) is 5.56 Å². The van der Waals surface area contributed by atoms with Crippen molar-refractivity contribution in [3.05, 3.63) is 35.9 Å². The Morgan fingerprint density at radius 2 is 1.88 bits per heavy atom. The van der Waals surface area contributed by atoms with Crippen LogP contribution in [-0.2, 0) is 20.9 Å². The Kier molecular flexibility index (Phi) is 6.02. The topological polar surface area (TPSA) is 95.9 Å². The van der Waals surface area contributed by atoms with Crippen LogP contribution in [0.25, 0.3) is 0 Å². The molecule has 2 N–H and O–H groups in total. The van der Waals surface area contributed by atoms with E-state index in [9.17, 15) is 19.5 Å². The maximum absolute atomic E-state index is 12.8. The minimum absolute atomic E-state index is 0.226. The summed E-state index contributed by atoms with van der Waals surface area (Å²) in [4.78, 5) is 38.3. The van der Waals surface area contributed by atoms with Gasteiger partial charge >= 0.3 is 12.1 Å². The number of Topliss-reactive ketones (excluding diaryl/α,β-unsaturated/α-hetero) is 1. The van der Waals surface area contributed by atoms with Gasteiger partial charge in [0.25, 0.3) is 0 Å². The average Bonchev–Trinajstić information content (AvgIpc) is 2.96. The zero-order valence-corrected chi connectivity index (χ0v) is 15.4. The van der Waals surface area contributed by atoms with Crippen LogP contribution in [-0.4, -0.2) is 52.1 Å². The van der Waals surface area contributed by atoms with Crippen molar-refractivity contribution in [2.75, 3.05) is 13.1 Å². The number of ether oxygens (including phenoxy) is 1. The van der Waals surface area contributed by atoms with Gasteiger partial charge in [-0.05, 0) is 39.2 Å². The van der Waals surface area contributed by atoms with Gasteiger partial charge in [0.1, 0.15) is 5.60 Å². The Hall–Kier alpha value is -2.41. The summed E-state index contributed by atoms with van der Waals surface area (Å²) in [7, 11) is 0. The Morgan fingerprint density at radius 3 is 2.46 bits per heavy atom. The largest absolute Gasteiger partial charge is 0.480 e. The van der Waals surface area contributed by atoms with E-state index in [0.29, 0.717) is 19.5 Å². The average molecular weight is 362 g/mol. The summed E-state index contributed by atoms with van der Waals surface area (Å²) < 4.78 is 5.10. The lowest BCUT2D eigenvalue weighted by atomic mass is 9.90. The number of carboxylic acid groups (broad SMARTS) is 1. The number of likely N-dealkylation sites (tertiary alicyclic amines) is 1. The van der Waals surface area contributed by atoms with Gasteiger partial charge in [-0.2, -0.15) is 0 Å². The Labute approximate surface area is 153 Å². The third-order valence-corrected chi connectivity index (χ3v) is 4.33. The van der Waals surface area contributed by atoms with Crippen LogP contribution in [0.3, 0.4) is 0 Å². The quantitative estimate of drug-likeness (QED) is 0.753. The van der Waals surface area contributed by atoms with Gasteiger partial charge in [-0.15, -0.1) is 0 Å². The molecular weight excluding hydrogens is 336 g/mol. The molecular formula is C19H26N2O5. The first-order valence-corrected chi connectivity index (χ1v) is 8.68. The number of hydrogen-bond acceptors (Lipinski definition) is 5. The monoisotopic (exact) mass is 362 g/mol. The van der Waals surface area contributed by atoms with Crippen LogP contribution in [0.15, 0.2) is 30.3 Å². The van der Waals surface area contributed by atoms with Gasteiger partial charge in [0.05, 0.1) is 6.54 Å². The van der Waals surface area contributed by atoms with Gasteiger partial charge in [-0.25, -0.2) is 9.59 Å². The van der Waals surface area contributed by atoms with E-state index in [1.165, 1.54) is 0 Å². The van der Waals surface area contributed by atoms with Crippen molar-refractivity contribution in [2.24, 2.45) is 0 Å². The summed E-state index contributed by atoms with van der Waals surface area (Å²) in [5.74, 6) is -1.72. The first kappa shape index (κ1) is 19.9. The molecule has 0 aromatic heterocycles. The lowest BCUT2D eigenvalue weighted by molar-refractivity contribution is -0.156. The van der Waals surface area contributed by atoms with Crippen LogP contribution in [0.4, 0.5) is 4.79 Å². The number of ketones is 1. The fourth-order valence-electron chi connectivity index (χ4n) is 3.18. The number of carbonyl (C=O) groups is 3. The SMILES string of the molecule is CC(C)(C)OC(=O)NCC(=O)[C@@]1(C(=O)O)CCCN1Cc1ccccc1. The molecule has 2 rings (SSSR count). The standard InChI is InChI=1S/C19H26N2O5/c1-18(2,3)26-17(25)20-12-15(22)19(16(23)24)10-7-11-21(19)13-14-8-5-4-6-9-14/h4-6,8-9H,7,10-13H2,1-3H3,(H,20,25)(H,23,24)/t19-/m1/s1. The molecule has 7 nitrogen and oxygen atoms in total. The molecule has 1 aromatic rings. The van der Waals surface area contributed by atoms with Gasteiger partial charge in [0.2, 0.25) is 0 Å². The minimum Gasteiger partial charge on any atom is -0.480 e. The number of carbonyl (C=O) groups excluding carboxylic acids is 2. The number of rotatable bonds is 6. The second kappa shape index (κ2) is 7.86. The van der Waals surface area contributed by atoms with E-state index in [2.05, 4.69) is 5.32 Å². The molecule has 1 saturated heterocycles. The lowest BCUT2D eigenvalue weighted by Gasteiger charge is -2.33. The highest BCUT2D eigenvalue weighted by atomic mass is 16.6. The van der Waals surface area contributed by atoms with Crippen LogP contribution < -0.4 is 5.32 Å². The normalized spacial score (nSPS) is 20.6. The van der Waals surface area contributed by atoms with Gasteiger partial charge in [0, 0.05) is 13.1 Å². The molecule has 1 atom stereocenters. The molecule has 1 aromatic carbocycles. The van der Waals surface area contributed by atoms with Crippen LogP contribution in [0.2, 0.25) is 0 Å². The van der Waals surface area contributed by atoms with Crippen molar-refractivity contribution in [1.82, 2.24) is 10.2 Å². The van der Waals surface area contributed by atoms with Crippen molar-refractivity contribution in [3.63, 3.8) is 0 Å². The summed E-state index contributed by atoms with van der Waals surface area (Å²) >= 11 is 0. The van der Waals surface area contributed by atoms with Crippen LogP contribution in [0.1, 0.15) is 39.2 Å². The molecule has 0 spiro atoms. The Bertz CT molecular complexity index is 668. The number of nitrogens with one attached hydrogen (secondary N) is 1. The number of nitrogens with zero attached hydrogens (tertiary/aromatic N) is 1. The maximum atomic E-state index is 12.8. The van der Waals surface area contributed by atoms with E-state index in [4.69, 9.17) is 4.74 Å². The second-order valence-corrected chi connectivity index (χ2v) is 7.45. The molecule has 1 aliphatic rings. The summed E-state index contributed by atoms with van der Waals surface area (Å²) in [5, 5.41) is 12.2. The first-order chi connectivity index (χ1) is 12.1. The number of benzene rings is 1. The molecule has 1 aliphatic heterocycles. The highest BCUT2D eigenvalue weighted by molar-refractivity contribution is 6.09. The smallest absolute Gasteiger partial charge is 0.408 e. The number of carboxylic acids is 1. The number of alkyl carbamates (subject to hydrolysis) is 1. The zero-order valence-electron chi connectivity index (χ0n) is 15.4. The number of aliphatic carboxylic acids is 1. The van der Waals surface area contributed by atoms with E-state index in [-0.39, 0.29) is 13.0 Å². The maximum Gasteiger partial charge on any atom is 0.408 e. The van der Waals surface area contributed by atoms with Crippen molar-refractivity contribution < 1.29 is 24.2 Å². The molecule has 0 unspecified atom stereocenters. The third kappa shape index (κ3) is 4.60. The Balaban J connectivity index is 2.11. The summed E-state index contributed by atoms with van der Waals surface area (Å²) in [5.41, 5.74) is -1.37. The van der Waals surface area contributed by atoms with Crippen molar-refractivity contribution >= 4 is 17.8 Å². The lowest BCUT2D eigenvalue weighted by Crippen LogP contribution is -2.58. The highest BCUT2D eigenvalue weighted by Crippen LogP contribution is 2.32. The van der Waals surface area contributed by atoms with Gasteiger partial charge < -0.3 is 15.2 Å². The fourth-order valence-corrected chi connectivity index (χ4v) is 3.18. The third-order valence-electron chi connectivity index (χ3n) is 4.33. The predicted molar refractivity (Wildman–Crippen MR) is 95.7 cm³/mol. The van der Waals surface area contributed by atoms with E-state index < -0.39 is 29.0 Å². The molecule has 142 valence electrons. The minimum atomic E-state index is -1.62. The zero-order chi connectivity index (χ0) is 19.4. The highest BCUT2D eigenvalue weighted by Gasteiger charge is 2.53. The summed E-state index contributed by atoms with van der Waals surface area (Å²) in [6.45, 7) is 5.64. The van der Waals surface area contributed by atoms with Crippen molar-refractivity contribution in [2.45, 2.75) is 51.3 Å². The molecule has 0 aliphatic carbocycles. The molecule has 0 radical (unpaired) electrons. The van der Waals surface area contributed by atoms with E-state index in [1.807, 2.05) is 30.3 Å². The summed E-state index contributed by atoms with van der Waals surface area (Å²) in [6, 6.07) is 9.43. The molecule has 7 heteroatoms. The van der Waals surface area contributed by atoms with E-state index >= 15 is 0 Å². The molecule has 1 fully saturated rings. The molecule has 1 amide bonds. The predicted octanol–water partition coefficient (Wildman–Crippen LogP) is 2.20. The fraction of sp³-hybridized carbons (Fsp3) is 0.526. The molecule has 0 bridgehead atoms. The van der Waals surface area contributed by atoms with Crippen molar-refractivity contribution in [1.29, 1.82) is 0 Å². The van der Waals surface area contributed by atoms with Gasteiger partial charge in [-0.3, -0.25) is 9.69 Å². The Morgan fingerprint density at radius 1 is 1.23 bits per heavy atom. The van der Waals surface area contributed by atoms with Crippen LogP contribution >= 0.6 is 0 Å². The number of hydrogen-bond donors (Lipinski definition) is 2. The molecule has 26 heavy (non-hydrogen) atoms. The molecule has 0 saturated carbocycles. The first-order valence-electron chi connectivity index (χ1n) is 8.68. The second-order valence-electron chi connectivity index (χ2n) is 7.45. The van der Waals surface area contributed by atoms with Crippen LogP contribution in [0.5, 0.6) is 0 Å². The van der Waals surface area contributed by atoms with E-state index in [1.54, 1.807) is 25.7 Å².